The van der Waals surface area contributed by atoms with Crippen LogP contribution in [-0.2, 0) is 6.54 Å². The lowest BCUT2D eigenvalue weighted by Gasteiger charge is -2.09. The Morgan fingerprint density at radius 3 is 2.86 bits per heavy atom. The summed E-state index contributed by atoms with van der Waals surface area (Å²) < 4.78 is 5.40. The fourth-order valence-electron chi connectivity index (χ4n) is 2.43. The summed E-state index contributed by atoms with van der Waals surface area (Å²) in [5.74, 6) is 0.853. The molecule has 1 heterocycles. The minimum atomic E-state index is 0.750. The van der Waals surface area contributed by atoms with Crippen molar-refractivity contribution < 1.29 is 4.74 Å². The molecule has 22 heavy (non-hydrogen) atoms. The number of methoxy groups -OCH3 is 1. The van der Waals surface area contributed by atoms with Gasteiger partial charge >= 0.3 is 0 Å². The third kappa shape index (κ3) is 2.95. The van der Waals surface area contributed by atoms with Crippen molar-refractivity contribution in [3.8, 4) is 5.75 Å². The van der Waals surface area contributed by atoms with Crippen molar-refractivity contribution >= 4 is 34.3 Å². The molecule has 5 heteroatoms. The van der Waals surface area contributed by atoms with E-state index in [1.165, 1.54) is 5.56 Å². The van der Waals surface area contributed by atoms with Crippen LogP contribution in [0.4, 0.5) is 0 Å². The van der Waals surface area contributed by atoms with E-state index in [0.717, 1.165) is 38.0 Å². The number of hydrogen-bond donors (Lipinski definition) is 2. The highest BCUT2D eigenvalue weighted by molar-refractivity contribution is 7.99. The van der Waals surface area contributed by atoms with Gasteiger partial charge in [0.05, 0.1) is 12.6 Å². The van der Waals surface area contributed by atoms with E-state index in [0.29, 0.717) is 0 Å². The fraction of sp³-hybridized carbons (Fsp3) is 0.176. The number of rotatable bonds is 5. The van der Waals surface area contributed by atoms with Crippen molar-refractivity contribution in [2.24, 2.45) is 0 Å². The Bertz CT molecular complexity index is 800. The maximum atomic E-state index is 6.16. The monoisotopic (exact) mass is 332 g/mol. The maximum Gasteiger partial charge on any atom is 0.142 e. The third-order valence-corrected chi connectivity index (χ3v) is 4.87. The second-order valence-electron chi connectivity index (χ2n) is 4.92. The van der Waals surface area contributed by atoms with Gasteiger partial charge in [-0.25, -0.2) is 0 Å². The highest BCUT2D eigenvalue weighted by Gasteiger charge is 2.11. The normalized spacial score (nSPS) is 11.0. The van der Waals surface area contributed by atoms with Crippen molar-refractivity contribution in [1.29, 1.82) is 0 Å². The van der Waals surface area contributed by atoms with E-state index in [4.69, 9.17) is 16.3 Å². The van der Waals surface area contributed by atoms with Crippen LogP contribution in [0.15, 0.2) is 52.4 Å². The molecular weight excluding hydrogens is 316 g/mol. The van der Waals surface area contributed by atoms with Crippen molar-refractivity contribution in [3.63, 3.8) is 0 Å². The van der Waals surface area contributed by atoms with Gasteiger partial charge in [-0.3, -0.25) is 0 Å². The molecule has 0 atom stereocenters. The average Bonchev–Trinajstić information content (AvgIpc) is 2.93. The van der Waals surface area contributed by atoms with Crippen molar-refractivity contribution in [2.75, 3.05) is 14.2 Å². The second-order valence-corrected chi connectivity index (χ2v) is 6.44. The predicted octanol–water partition coefficient (Wildman–Crippen LogP) is 4.70. The van der Waals surface area contributed by atoms with Crippen LogP contribution in [0.1, 0.15) is 5.56 Å². The van der Waals surface area contributed by atoms with E-state index in [-0.39, 0.29) is 0 Å². The Morgan fingerprint density at radius 2 is 2.09 bits per heavy atom. The smallest absolute Gasteiger partial charge is 0.142 e. The van der Waals surface area contributed by atoms with Crippen LogP contribution in [0.2, 0.25) is 5.02 Å². The largest absolute Gasteiger partial charge is 0.495 e. The molecule has 0 aliphatic heterocycles. The zero-order chi connectivity index (χ0) is 15.5. The van der Waals surface area contributed by atoms with Gasteiger partial charge < -0.3 is 15.0 Å². The molecule has 0 unspecified atom stereocenters. The van der Waals surface area contributed by atoms with Crippen LogP contribution < -0.4 is 10.1 Å². The predicted molar refractivity (Wildman–Crippen MR) is 93.2 cm³/mol. The van der Waals surface area contributed by atoms with Crippen LogP contribution in [0, 0.1) is 0 Å². The van der Waals surface area contributed by atoms with Gasteiger partial charge in [-0.05, 0) is 30.8 Å². The third-order valence-electron chi connectivity index (χ3n) is 3.48. The highest BCUT2D eigenvalue weighted by atomic mass is 35.5. The summed E-state index contributed by atoms with van der Waals surface area (Å²) in [7, 11) is 3.63. The molecule has 1 aromatic heterocycles. The Kier molecular flexibility index (Phi) is 4.62. The van der Waals surface area contributed by atoms with Gasteiger partial charge in [0.25, 0.3) is 0 Å². The SMILES string of the molecule is CNCc1ccc(Cl)cc1Sc1c[nH]c2c(OC)cccc12. The molecule has 3 nitrogen and oxygen atoms in total. The average molecular weight is 333 g/mol. The van der Waals surface area contributed by atoms with Crippen LogP contribution in [0.3, 0.4) is 0 Å². The molecule has 3 rings (SSSR count). The van der Waals surface area contributed by atoms with Gasteiger partial charge in [-0.1, -0.05) is 41.6 Å². The number of halogens is 1. The number of H-pyrrole nitrogens is 1. The van der Waals surface area contributed by atoms with E-state index in [1.807, 2.05) is 37.5 Å². The number of fused-ring (bicyclic) bond motifs is 1. The number of nitrogens with one attached hydrogen (secondary N) is 2. The minimum absolute atomic E-state index is 0.750. The molecule has 0 fully saturated rings. The van der Waals surface area contributed by atoms with Gasteiger partial charge in [-0.2, -0.15) is 0 Å². The van der Waals surface area contributed by atoms with E-state index >= 15 is 0 Å². The Hall–Kier alpha value is -1.62. The molecule has 0 bridgehead atoms. The summed E-state index contributed by atoms with van der Waals surface area (Å²) in [6.07, 6.45) is 2.02. The first kappa shape index (κ1) is 15.3. The van der Waals surface area contributed by atoms with E-state index in [1.54, 1.807) is 18.9 Å². The number of hydrogen-bond acceptors (Lipinski definition) is 3. The first-order valence-corrected chi connectivity index (χ1v) is 8.17. The van der Waals surface area contributed by atoms with Gasteiger partial charge in [0.2, 0.25) is 0 Å². The Balaban J connectivity index is 2.02. The second kappa shape index (κ2) is 6.65. The molecule has 0 spiro atoms. The van der Waals surface area contributed by atoms with E-state index in [9.17, 15) is 0 Å². The minimum Gasteiger partial charge on any atom is -0.495 e. The van der Waals surface area contributed by atoms with Crippen LogP contribution >= 0.6 is 23.4 Å². The van der Waals surface area contributed by atoms with Gasteiger partial charge in [0.1, 0.15) is 5.75 Å². The zero-order valence-electron chi connectivity index (χ0n) is 12.4. The standard InChI is InChI=1S/C17H17ClN2OS/c1-19-9-11-6-7-12(18)8-15(11)22-16-10-20-17-13(16)4-3-5-14(17)21-2/h3-8,10,19-20H,9H2,1-2H3. The number of aromatic amines is 1. The lowest BCUT2D eigenvalue weighted by molar-refractivity contribution is 0.419. The summed E-state index contributed by atoms with van der Waals surface area (Å²) in [5.41, 5.74) is 2.25. The molecule has 2 aromatic carbocycles. The molecule has 0 saturated carbocycles. The topological polar surface area (TPSA) is 37.0 Å². The first-order valence-electron chi connectivity index (χ1n) is 6.98. The molecule has 114 valence electrons. The van der Waals surface area contributed by atoms with Gasteiger partial charge in [0.15, 0.2) is 0 Å². The molecule has 2 N–H and O–H groups in total. The molecule has 0 aliphatic carbocycles. The Morgan fingerprint density at radius 1 is 1.23 bits per heavy atom. The van der Waals surface area contributed by atoms with Crippen LogP contribution in [0.5, 0.6) is 5.75 Å². The van der Waals surface area contributed by atoms with Gasteiger partial charge in [0, 0.05) is 32.9 Å². The fourth-order valence-corrected chi connectivity index (χ4v) is 3.76. The van der Waals surface area contributed by atoms with E-state index < -0.39 is 0 Å². The number of benzene rings is 2. The molecule has 0 saturated heterocycles. The molecule has 0 amide bonds. The summed E-state index contributed by atoms with van der Waals surface area (Å²) in [5, 5.41) is 5.10. The maximum absolute atomic E-state index is 6.16. The van der Waals surface area contributed by atoms with Crippen molar-refractivity contribution in [1.82, 2.24) is 10.3 Å². The number of para-hydroxylation sites is 1. The quantitative estimate of drug-likeness (QED) is 0.711. The summed E-state index contributed by atoms with van der Waals surface area (Å²) in [6, 6.07) is 12.1. The Labute approximate surface area is 139 Å². The zero-order valence-corrected chi connectivity index (χ0v) is 14.0. The molecular formula is C17H17ClN2OS. The highest BCUT2D eigenvalue weighted by Crippen LogP contribution is 2.38. The summed E-state index contributed by atoms with van der Waals surface area (Å²) in [6.45, 7) is 0.811. The van der Waals surface area contributed by atoms with E-state index in [2.05, 4.69) is 22.4 Å². The molecule has 3 aromatic rings. The van der Waals surface area contributed by atoms with Crippen molar-refractivity contribution in [3.05, 3.63) is 53.2 Å². The number of ether oxygens (including phenoxy) is 1. The summed E-state index contributed by atoms with van der Waals surface area (Å²) >= 11 is 7.87. The lowest BCUT2D eigenvalue weighted by Crippen LogP contribution is -2.05. The molecule has 0 aliphatic rings. The molecule has 0 radical (unpaired) electrons. The lowest BCUT2D eigenvalue weighted by atomic mass is 10.2. The summed E-state index contributed by atoms with van der Waals surface area (Å²) in [4.78, 5) is 5.62. The van der Waals surface area contributed by atoms with Gasteiger partial charge in [-0.15, -0.1) is 0 Å². The first-order chi connectivity index (χ1) is 10.7. The van der Waals surface area contributed by atoms with Crippen LogP contribution in [0.25, 0.3) is 10.9 Å². The van der Waals surface area contributed by atoms with Crippen molar-refractivity contribution in [2.45, 2.75) is 16.3 Å². The number of aromatic nitrogens is 1. The van der Waals surface area contributed by atoms with Crippen LogP contribution in [-0.4, -0.2) is 19.1 Å².